The lowest BCUT2D eigenvalue weighted by Gasteiger charge is -2.29. The van der Waals surface area contributed by atoms with E-state index in [1.54, 1.807) is 0 Å². The van der Waals surface area contributed by atoms with E-state index in [1.807, 2.05) is 31.1 Å². The average Bonchev–Trinajstić information content (AvgIpc) is 2.53. The van der Waals surface area contributed by atoms with Crippen LogP contribution >= 0.6 is 0 Å². The van der Waals surface area contributed by atoms with Crippen molar-refractivity contribution in [3.8, 4) is 6.07 Å². The lowest BCUT2D eigenvalue weighted by molar-refractivity contribution is 0.178. The number of carbonyl (C=O) groups is 1. The fourth-order valence-corrected chi connectivity index (χ4v) is 2.72. The average molecular weight is 300 g/mol. The fourth-order valence-electron chi connectivity index (χ4n) is 2.72. The highest BCUT2D eigenvalue weighted by atomic mass is 16.2. The molecule has 1 aliphatic rings. The Labute approximate surface area is 132 Å². The van der Waals surface area contributed by atoms with Gasteiger partial charge < -0.3 is 15.1 Å². The quantitative estimate of drug-likeness (QED) is 0.927. The van der Waals surface area contributed by atoms with Crippen LogP contribution in [-0.2, 0) is 13.1 Å². The van der Waals surface area contributed by atoms with Gasteiger partial charge in [-0.05, 0) is 38.1 Å². The molecule has 2 amide bonds. The Morgan fingerprint density at radius 1 is 1.32 bits per heavy atom. The zero-order valence-electron chi connectivity index (χ0n) is 13.4. The summed E-state index contributed by atoms with van der Waals surface area (Å²) in [7, 11) is 4.07. The van der Waals surface area contributed by atoms with Gasteiger partial charge in [0.15, 0.2) is 0 Å². The van der Waals surface area contributed by atoms with Gasteiger partial charge in [-0.1, -0.05) is 24.3 Å². The number of nitrogens with zero attached hydrogens (tertiary/aromatic N) is 3. The Kier molecular flexibility index (Phi) is 5.79. The Bertz CT molecular complexity index is 542. The summed E-state index contributed by atoms with van der Waals surface area (Å²) in [4.78, 5) is 16.1. The Hall–Kier alpha value is -2.06. The molecular weight excluding hydrogens is 276 g/mol. The van der Waals surface area contributed by atoms with E-state index in [9.17, 15) is 4.79 Å². The largest absolute Gasteiger partial charge is 0.334 e. The van der Waals surface area contributed by atoms with Crippen molar-refractivity contribution in [1.29, 1.82) is 5.26 Å². The molecule has 0 radical (unpaired) electrons. The maximum absolute atomic E-state index is 12.2. The zero-order chi connectivity index (χ0) is 15.9. The van der Waals surface area contributed by atoms with Crippen molar-refractivity contribution in [3.63, 3.8) is 0 Å². The highest BCUT2D eigenvalue weighted by Crippen LogP contribution is 2.16. The number of benzene rings is 1. The number of piperidine rings is 1. The van der Waals surface area contributed by atoms with E-state index < -0.39 is 0 Å². The van der Waals surface area contributed by atoms with Gasteiger partial charge in [0.1, 0.15) is 0 Å². The lowest BCUT2D eigenvalue weighted by atomic mass is 9.99. The van der Waals surface area contributed by atoms with Gasteiger partial charge in [-0.25, -0.2) is 4.79 Å². The van der Waals surface area contributed by atoms with Crippen LogP contribution in [0.25, 0.3) is 0 Å². The number of hydrogen-bond donors (Lipinski definition) is 1. The molecule has 0 spiro atoms. The van der Waals surface area contributed by atoms with E-state index in [2.05, 4.69) is 28.4 Å². The topological polar surface area (TPSA) is 59.4 Å². The third kappa shape index (κ3) is 4.47. The minimum absolute atomic E-state index is 0.0314. The predicted molar refractivity (Wildman–Crippen MR) is 86.0 cm³/mol. The van der Waals surface area contributed by atoms with Crippen LogP contribution in [0.15, 0.2) is 24.3 Å². The minimum atomic E-state index is -0.0314. The molecule has 22 heavy (non-hydrogen) atoms. The third-order valence-corrected chi connectivity index (χ3v) is 4.00. The van der Waals surface area contributed by atoms with Gasteiger partial charge in [0.2, 0.25) is 0 Å². The second-order valence-corrected chi connectivity index (χ2v) is 6.06. The third-order valence-electron chi connectivity index (χ3n) is 4.00. The highest BCUT2D eigenvalue weighted by Gasteiger charge is 2.22. The van der Waals surface area contributed by atoms with Crippen molar-refractivity contribution in [2.75, 3.05) is 27.2 Å². The van der Waals surface area contributed by atoms with Crippen molar-refractivity contribution in [1.82, 2.24) is 15.1 Å². The van der Waals surface area contributed by atoms with Crippen LogP contribution in [0.2, 0.25) is 0 Å². The summed E-state index contributed by atoms with van der Waals surface area (Å²) in [6, 6.07) is 10.4. The van der Waals surface area contributed by atoms with Gasteiger partial charge in [-0.3, -0.25) is 0 Å². The van der Waals surface area contributed by atoms with E-state index in [0.29, 0.717) is 19.6 Å². The first kappa shape index (κ1) is 16.3. The number of nitriles is 1. The maximum Gasteiger partial charge on any atom is 0.317 e. The van der Waals surface area contributed by atoms with E-state index in [4.69, 9.17) is 5.26 Å². The molecule has 1 aromatic rings. The molecule has 0 atom stereocenters. The van der Waals surface area contributed by atoms with Gasteiger partial charge in [0.05, 0.1) is 6.07 Å². The number of likely N-dealkylation sites (tertiary alicyclic amines) is 1. The molecule has 5 heteroatoms. The maximum atomic E-state index is 12.2. The smallest absolute Gasteiger partial charge is 0.317 e. The summed E-state index contributed by atoms with van der Waals surface area (Å²) in [5, 5.41) is 11.9. The normalized spacial score (nSPS) is 15.6. The van der Waals surface area contributed by atoms with E-state index >= 15 is 0 Å². The first-order valence-electron chi connectivity index (χ1n) is 7.74. The number of carbonyl (C=O) groups excluding carboxylic acids is 1. The summed E-state index contributed by atoms with van der Waals surface area (Å²) < 4.78 is 0. The minimum Gasteiger partial charge on any atom is -0.334 e. The molecule has 1 saturated heterocycles. The molecule has 0 aromatic heterocycles. The Morgan fingerprint density at radius 3 is 2.55 bits per heavy atom. The molecule has 0 unspecified atom stereocenters. The van der Waals surface area contributed by atoms with E-state index in [1.165, 1.54) is 5.56 Å². The molecule has 1 fully saturated rings. The first-order chi connectivity index (χ1) is 10.6. The molecule has 118 valence electrons. The van der Waals surface area contributed by atoms with Crippen molar-refractivity contribution < 1.29 is 4.79 Å². The summed E-state index contributed by atoms with van der Waals surface area (Å²) in [6.45, 7) is 2.74. The molecular formula is C17H24N4O. The monoisotopic (exact) mass is 300 g/mol. The number of urea groups is 1. The first-order valence-corrected chi connectivity index (χ1v) is 7.74. The molecule has 1 heterocycles. The second kappa shape index (κ2) is 7.81. The van der Waals surface area contributed by atoms with Crippen molar-refractivity contribution in [2.45, 2.75) is 25.9 Å². The van der Waals surface area contributed by atoms with Gasteiger partial charge in [0.25, 0.3) is 0 Å². The van der Waals surface area contributed by atoms with E-state index in [-0.39, 0.29) is 11.9 Å². The molecule has 5 nitrogen and oxygen atoms in total. The number of rotatable bonds is 4. The summed E-state index contributed by atoms with van der Waals surface area (Å²) in [5.74, 6) is 0.102. The summed E-state index contributed by atoms with van der Waals surface area (Å²) >= 11 is 0. The molecule has 0 bridgehead atoms. The van der Waals surface area contributed by atoms with Gasteiger partial charge in [0, 0.05) is 32.1 Å². The number of amides is 2. The van der Waals surface area contributed by atoms with Crippen LogP contribution in [0.3, 0.4) is 0 Å². The molecule has 0 aliphatic carbocycles. The Balaban J connectivity index is 1.88. The van der Waals surface area contributed by atoms with Gasteiger partial charge >= 0.3 is 6.03 Å². The summed E-state index contributed by atoms with van der Waals surface area (Å²) in [6.07, 6.45) is 1.56. The number of nitrogens with one attached hydrogen (secondary N) is 1. The van der Waals surface area contributed by atoms with E-state index in [0.717, 1.165) is 24.9 Å². The summed E-state index contributed by atoms with van der Waals surface area (Å²) in [5.41, 5.74) is 2.38. The predicted octanol–water partition coefficient (Wildman–Crippen LogP) is 2.19. The van der Waals surface area contributed by atoms with Gasteiger partial charge in [-0.15, -0.1) is 0 Å². The van der Waals surface area contributed by atoms with Crippen molar-refractivity contribution in [3.05, 3.63) is 35.4 Å². The molecule has 0 saturated carbocycles. The molecule has 2 rings (SSSR count). The van der Waals surface area contributed by atoms with Crippen LogP contribution in [0, 0.1) is 17.2 Å². The van der Waals surface area contributed by atoms with Gasteiger partial charge in [-0.2, -0.15) is 5.26 Å². The standard InChI is InChI=1S/C17H24N4O/c1-20(2)13-16-6-4-3-5-15(16)12-19-17(22)21-9-7-14(11-18)8-10-21/h3-6,14H,7-10,12-13H2,1-2H3,(H,19,22). The van der Waals surface area contributed by atoms with Crippen LogP contribution < -0.4 is 5.32 Å². The van der Waals surface area contributed by atoms with Crippen molar-refractivity contribution >= 4 is 6.03 Å². The number of hydrogen-bond acceptors (Lipinski definition) is 3. The fraction of sp³-hybridized carbons (Fsp3) is 0.529. The van der Waals surface area contributed by atoms with Crippen LogP contribution in [0.5, 0.6) is 0 Å². The SMILES string of the molecule is CN(C)Cc1ccccc1CNC(=O)N1CCC(C#N)CC1. The van der Waals surface area contributed by atoms with Crippen LogP contribution in [-0.4, -0.2) is 43.0 Å². The Morgan fingerprint density at radius 2 is 1.95 bits per heavy atom. The molecule has 1 aliphatic heterocycles. The van der Waals surface area contributed by atoms with Crippen LogP contribution in [0.4, 0.5) is 4.79 Å². The zero-order valence-corrected chi connectivity index (χ0v) is 13.4. The lowest BCUT2D eigenvalue weighted by Crippen LogP contribution is -2.44. The second-order valence-electron chi connectivity index (χ2n) is 6.06. The molecule has 1 N–H and O–H groups in total. The highest BCUT2D eigenvalue weighted by molar-refractivity contribution is 5.74. The van der Waals surface area contributed by atoms with Crippen molar-refractivity contribution in [2.24, 2.45) is 5.92 Å². The van der Waals surface area contributed by atoms with Crippen LogP contribution in [0.1, 0.15) is 24.0 Å². The molecule has 1 aromatic carbocycles.